The standard InChI is InChI=1S/C24H29N3O4/c1-6-30-20-13-12-17(14-21(20)31-7-2)16(5)25-23(28)22-18-10-8-9-11-19(18)24(29)27(26-22)15(3)4/h8-16H,6-7H2,1-5H3,(H,25,28). The molecule has 1 unspecified atom stereocenters. The number of nitrogens with one attached hydrogen (secondary N) is 1. The van der Waals surface area contributed by atoms with E-state index in [4.69, 9.17) is 9.47 Å². The smallest absolute Gasteiger partial charge is 0.274 e. The zero-order valence-electron chi connectivity index (χ0n) is 18.6. The SMILES string of the molecule is CCOc1ccc(C(C)NC(=O)c2nn(C(C)C)c(=O)c3ccccc23)cc1OCC. The van der Waals surface area contributed by atoms with Crippen molar-refractivity contribution in [2.75, 3.05) is 13.2 Å². The van der Waals surface area contributed by atoms with Gasteiger partial charge in [-0.2, -0.15) is 5.10 Å². The van der Waals surface area contributed by atoms with E-state index in [0.29, 0.717) is 35.5 Å². The minimum atomic E-state index is -0.343. The predicted octanol–water partition coefficient (Wildman–Crippen LogP) is 4.27. The molecule has 3 rings (SSSR count). The van der Waals surface area contributed by atoms with Gasteiger partial charge in [-0.1, -0.05) is 24.3 Å². The van der Waals surface area contributed by atoms with Crippen LogP contribution in [0, 0.1) is 0 Å². The summed E-state index contributed by atoms with van der Waals surface area (Å²) in [6.45, 7) is 10.5. The van der Waals surface area contributed by atoms with E-state index >= 15 is 0 Å². The molecule has 3 aromatic rings. The average Bonchev–Trinajstić information content (AvgIpc) is 2.75. The second-order valence-electron chi connectivity index (χ2n) is 7.51. The summed E-state index contributed by atoms with van der Waals surface area (Å²) in [4.78, 5) is 25.9. The molecule has 0 spiro atoms. The molecule has 0 aliphatic carbocycles. The normalized spacial score (nSPS) is 12.1. The lowest BCUT2D eigenvalue weighted by Gasteiger charge is -2.18. The van der Waals surface area contributed by atoms with Gasteiger partial charge in [-0.25, -0.2) is 4.68 Å². The highest BCUT2D eigenvalue weighted by molar-refractivity contribution is 6.04. The van der Waals surface area contributed by atoms with E-state index in [9.17, 15) is 9.59 Å². The number of carbonyl (C=O) groups excluding carboxylic acids is 1. The van der Waals surface area contributed by atoms with Crippen LogP contribution >= 0.6 is 0 Å². The van der Waals surface area contributed by atoms with Gasteiger partial charge >= 0.3 is 0 Å². The first-order valence-corrected chi connectivity index (χ1v) is 10.6. The molecular formula is C24H29N3O4. The summed E-state index contributed by atoms with van der Waals surface area (Å²) in [5, 5.41) is 8.39. The molecule has 1 atom stereocenters. The fourth-order valence-corrected chi connectivity index (χ4v) is 3.41. The average molecular weight is 424 g/mol. The highest BCUT2D eigenvalue weighted by Crippen LogP contribution is 2.31. The third-order valence-electron chi connectivity index (χ3n) is 4.95. The first kappa shape index (κ1) is 22.3. The summed E-state index contributed by atoms with van der Waals surface area (Å²) < 4.78 is 12.7. The molecule has 31 heavy (non-hydrogen) atoms. The van der Waals surface area contributed by atoms with Crippen LogP contribution in [0.2, 0.25) is 0 Å². The third-order valence-corrected chi connectivity index (χ3v) is 4.95. The lowest BCUT2D eigenvalue weighted by Crippen LogP contribution is -2.32. The Morgan fingerprint density at radius 1 is 1.00 bits per heavy atom. The minimum absolute atomic E-state index is 0.166. The monoisotopic (exact) mass is 423 g/mol. The number of benzene rings is 2. The number of hydrogen-bond donors (Lipinski definition) is 1. The van der Waals surface area contributed by atoms with E-state index < -0.39 is 0 Å². The van der Waals surface area contributed by atoms with Gasteiger partial charge in [0.1, 0.15) is 0 Å². The van der Waals surface area contributed by atoms with Crippen LogP contribution in [0.15, 0.2) is 47.3 Å². The summed E-state index contributed by atoms with van der Waals surface area (Å²) in [5.74, 6) is 0.966. The maximum Gasteiger partial charge on any atom is 0.274 e. The number of fused-ring (bicyclic) bond motifs is 1. The van der Waals surface area contributed by atoms with Gasteiger partial charge in [0.15, 0.2) is 17.2 Å². The summed E-state index contributed by atoms with van der Waals surface area (Å²) >= 11 is 0. The number of amides is 1. The van der Waals surface area contributed by atoms with Crippen molar-refractivity contribution in [3.05, 3.63) is 64.1 Å². The summed E-state index contributed by atoms with van der Waals surface area (Å²) in [5.41, 5.74) is 0.900. The van der Waals surface area contributed by atoms with E-state index in [-0.39, 0.29) is 29.2 Å². The van der Waals surface area contributed by atoms with Crippen molar-refractivity contribution >= 4 is 16.7 Å². The number of rotatable bonds is 8. The van der Waals surface area contributed by atoms with Gasteiger partial charge in [-0.15, -0.1) is 0 Å². The summed E-state index contributed by atoms with van der Waals surface area (Å²) in [6, 6.07) is 12.2. The molecule has 0 radical (unpaired) electrons. The molecule has 0 aliphatic rings. The van der Waals surface area contributed by atoms with Crippen LogP contribution in [-0.4, -0.2) is 28.9 Å². The molecule has 0 saturated carbocycles. The zero-order chi connectivity index (χ0) is 22.5. The molecule has 1 N–H and O–H groups in total. The molecule has 0 aliphatic heterocycles. The van der Waals surface area contributed by atoms with Crippen LogP contribution < -0.4 is 20.3 Å². The van der Waals surface area contributed by atoms with Gasteiger partial charge in [0.25, 0.3) is 11.5 Å². The summed E-state index contributed by atoms with van der Waals surface area (Å²) in [6.07, 6.45) is 0. The van der Waals surface area contributed by atoms with E-state index in [1.165, 1.54) is 4.68 Å². The van der Waals surface area contributed by atoms with Crippen LogP contribution in [-0.2, 0) is 0 Å². The van der Waals surface area contributed by atoms with Crippen molar-refractivity contribution in [1.82, 2.24) is 15.1 Å². The molecule has 1 heterocycles. The van der Waals surface area contributed by atoms with Crippen molar-refractivity contribution in [2.24, 2.45) is 0 Å². The van der Waals surface area contributed by atoms with Crippen molar-refractivity contribution in [3.63, 3.8) is 0 Å². The number of hydrogen-bond acceptors (Lipinski definition) is 5. The van der Waals surface area contributed by atoms with Crippen LogP contribution in [0.1, 0.15) is 62.8 Å². The molecule has 7 nitrogen and oxygen atoms in total. The highest BCUT2D eigenvalue weighted by Gasteiger charge is 2.20. The van der Waals surface area contributed by atoms with Crippen LogP contribution in [0.5, 0.6) is 11.5 Å². The van der Waals surface area contributed by atoms with Gasteiger partial charge in [-0.3, -0.25) is 9.59 Å². The Morgan fingerprint density at radius 2 is 1.65 bits per heavy atom. The largest absolute Gasteiger partial charge is 0.490 e. The van der Waals surface area contributed by atoms with E-state index in [0.717, 1.165) is 5.56 Å². The second-order valence-corrected chi connectivity index (χ2v) is 7.51. The molecule has 2 aromatic carbocycles. The lowest BCUT2D eigenvalue weighted by atomic mass is 10.1. The maximum absolute atomic E-state index is 13.2. The number of aromatic nitrogens is 2. The quantitative estimate of drug-likeness (QED) is 0.585. The Hall–Kier alpha value is -3.35. The Morgan fingerprint density at radius 3 is 2.29 bits per heavy atom. The molecule has 7 heteroatoms. The van der Waals surface area contributed by atoms with Gasteiger partial charge in [0.05, 0.1) is 30.7 Å². The van der Waals surface area contributed by atoms with Crippen molar-refractivity contribution in [1.29, 1.82) is 0 Å². The van der Waals surface area contributed by atoms with Crippen LogP contribution in [0.3, 0.4) is 0 Å². The van der Waals surface area contributed by atoms with Crippen molar-refractivity contribution in [3.8, 4) is 11.5 Å². The minimum Gasteiger partial charge on any atom is -0.490 e. The second kappa shape index (κ2) is 9.64. The zero-order valence-corrected chi connectivity index (χ0v) is 18.6. The molecule has 0 bridgehead atoms. The Labute approximate surface area is 182 Å². The summed E-state index contributed by atoms with van der Waals surface area (Å²) in [7, 11) is 0. The van der Waals surface area contributed by atoms with Crippen molar-refractivity contribution < 1.29 is 14.3 Å². The molecule has 1 aromatic heterocycles. The third kappa shape index (κ3) is 4.71. The Balaban J connectivity index is 1.95. The number of carbonyl (C=O) groups is 1. The molecule has 0 fully saturated rings. The molecule has 0 saturated heterocycles. The van der Waals surface area contributed by atoms with Gasteiger partial charge in [0.2, 0.25) is 0 Å². The van der Waals surface area contributed by atoms with Gasteiger partial charge in [0, 0.05) is 5.39 Å². The van der Waals surface area contributed by atoms with E-state index in [1.54, 1.807) is 24.3 Å². The van der Waals surface area contributed by atoms with Crippen LogP contribution in [0.25, 0.3) is 10.8 Å². The Kier molecular flexibility index (Phi) is 6.95. The lowest BCUT2D eigenvalue weighted by molar-refractivity contribution is 0.0934. The van der Waals surface area contributed by atoms with Gasteiger partial charge < -0.3 is 14.8 Å². The molecule has 1 amide bonds. The molecule has 164 valence electrons. The highest BCUT2D eigenvalue weighted by atomic mass is 16.5. The van der Waals surface area contributed by atoms with Gasteiger partial charge in [-0.05, 0) is 58.4 Å². The number of ether oxygens (including phenoxy) is 2. The molecular weight excluding hydrogens is 394 g/mol. The van der Waals surface area contributed by atoms with Crippen molar-refractivity contribution in [2.45, 2.75) is 46.7 Å². The first-order chi connectivity index (χ1) is 14.9. The van der Waals surface area contributed by atoms with E-state index in [2.05, 4.69) is 10.4 Å². The number of nitrogens with zero attached hydrogens (tertiary/aromatic N) is 2. The van der Waals surface area contributed by atoms with E-state index in [1.807, 2.05) is 52.8 Å². The Bertz CT molecular complexity index is 1140. The first-order valence-electron chi connectivity index (χ1n) is 10.6. The fourth-order valence-electron chi connectivity index (χ4n) is 3.41. The fraction of sp³-hybridized carbons (Fsp3) is 0.375. The van der Waals surface area contributed by atoms with Crippen LogP contribution in [0.4, 0.5) is 0 Å². The maximum atomic E-state index is 13.2. The topological polar surface area (TPSA) is 82.5 Å². The predicted molar refractivity (Wildman–Crippen MR) is 121 cm³/mol.